The highest BCUT2D eigenvalue weighted by atomic mass is 19.3. The monoisotopic (exact) mass is 363 g/mol. The van der Waals surface area contributed by atoms with Crippen LogP contribution < -0.4 is 19.5 Å². The highest BCUT2D eigenvalue weighted by molar-refractivity contribution is 5.50. The summed E-state index contributed by atoms with van der Waals surface area (Å²) in [6, 6.07) is 10.6. The van der Waals surface area contributed by atoms with Crippen LogP contribution in [0.15, 0.2) is 49.1 Å². The van der Waals surface area contributed by atoms with Crippen LogP contribution in [0.3, 0.4) is 0 Å². The van der Waals surface area contributed by atoms with Crippen molar-refractivity contribution >= 4 is 0 Å². The zero-order valence-electron chi connectivity index (χ0n) is 14.9. The van der Waals surface area contributed by atoms with E-state index < -0.39 is 6.61 Å². The third-order valence-corrected chi connectivity index (χ3v) is 3.81. The van der Waals surface area contributed by atoms with Crippen molar-refractivity contribution in [1.82, 2.24) is 5.32 Å². The van der Waals surface area contributed by atoms with Gasteiger partial charge in [0.1, 0.15) is 5.75 Å². The van der Waals surface area contributed by atoms with Crippen molar-refractivity contribution < 1.29 is 23.0 Å². The van der Waals surface area contributed by atoms with Gasteiger partial charge in [-0.1, -0.05) is 30.3 Å². The lowest BCUT2D eigenvalue weighted by Crippen LogP contribution is -2.15. The van der Waals surface area contributed by atoms with Crippen molar-refractivity contribution in [3.63, 3.8) is 0 Å². The minimum Gasteiger partial charge on any atom is -0.493 e. The molecule has 0 fully saturated rings. The van der Waals surface area contributed by atoms with Crippen LogP contribution in [-0.2, 0) is 19.5 Å². The summed E-state index contributed by atoms with van der Waals surface area (Å²) in [4.78, 5) is 0. The summed E-state index contributed by atoms with van der Waals surface area (Å²) in [6.07, 6.45) is 2.45. The van der Waals surface area contributed by atoms with Crippen LogP contribution in [0.1, 0.15) is 16.7 Å². The van der Waals surface area contributed by atoms with Crippen molar-refractivity contribution in [2.45, 2.75) is 26.1 Å². The fraction of sp³-hybridized carbons (Fsp3) is 0.300. The van der Waals surface area contributed by atoms with Crippen molar-refractivity contribution in [1.29, 1.82) is 0 Å². The van der Waals surface area contributed by atoms with Gasteiger partial charge in [-0.05, 0) is 24.1 Å². The molecule has 0 saturated carbocycles. The van der Waals surface area contributed by atoms with Crippen LogP contribution in [0.2, 0.25) is 0 Å². The van der Waals surface area contributed by atoms with E-state index in [1.807, 2.05) is 12.1 Å². The van der Waals surface area contributed by atoms with E-state index in [9.17, 15) is 8.78 Å². The molecule has 2 aromatic rings. The number of hydrogen-bond donors (Lipinski definition) is 1. The lowest BCUT2D eigenvalue weighted by Gasteiger charge is -2.15. The second-order valence-electron chi connectivity index (χ2n) is 5.57. The van der Waals surface area contributed by atoms with Crippen molar-refractivity contribution in [3.8, 4) is 17.2 Å². The van der Waals surface area contributed by atoms with Gasteiger partial charge in [0.2, 0.25) is 0 Å². The Balaban J connectivity index is 2.10. The smallest absolute Gasteiger partial charge is 0.387 e. The number of nitrogens with one attached hydrogen (secondary N) is 1. The molecule has 0 aliphatic carbocycles. The van der Waals surface area contributed by atoms with Crippen LogP contribution in [0.4, 0.5) is 8.78 Å². The van der Waals surface area contributed by atoms with Crippen molar-refractivity contribution in [3.05, 3.63) is 65.7 Å². The quantitative estimate of drug-likeness (QED) is 0.638. The molecule has 0 bridgehead atoms. The largest absolute Gasteiger partial charge is 0.493 e. The number of hydrogen-bond acceptors (Lipinski definition) is 4. The molecule has 4 nitrogen and oxygen atoms in total. The van der Waals surface area contributed by atoms with Crippen LogP contribution in [0.5, 0.6) is 17.2 Å². The molecule has 0 atom stereocenters. The zero-order chi connectivity index (χ0) is 18.9. The SMILES string of the molecule is C=CCc1cc(CNCc2ccccc2OC(F)F)cc(OC)c1OC. The standard InChI is InChI=1S/C20H23F2NO3/c1-4-7-15-10-14(11-18(24-2)19(15)25-3)12-23-13-16-8-5-6-9-17(16)26-20(21)22/h4-6,8-11,20,23H,1,7,12-13H2,2-3H3. The van der Waals surface area contributed by atoms with E-state index in [0.29, 0.717) is 36.6 Å². The first-order valence-electron chi connectivity index (χ1n) is 8.17. The average Bonchev–Trinajstić information content (AvgIpc) is 2.62. The van der Waals surface area contributed by atoms with Gasteiger partial charge in [-0.15, -0.1) is 6.58 Å². The van der Waals surface area contributed by atoms with Gasteiger partial charge in [0.15, 0.2) is 11.5 Å². The van der Waals surface area contributed by atoms with Crippen molar-refractivity contribution in [2.24, 2.45) is 0 Å². The maximum atomic E-state index is 12.5. The molecule has 2 aromatic carbocycles. The molecule has 26 heavy (non-hydrogen) atoms. The molecule has 0 aliphatic rings. The lowest BCUT2D eigenvalue weighted by molar-refractivity contribution is -0.0505. The molecule has 0 aromatic heterocycles. The zero-order valence-corrected chi connectivity index (χ0v) is 14.9. The Labute approximate surface area is 152 Å². The molecule has 0 amide bonds. The Morgan fingerprint density at radius 3 is 2.46 bits per heavy atom. The number of allylic oxidation sites excluding steroid dienone is 1. The van der Waals surface area contributed by atoms with Gasteiger partial charge in [-0.25, -0.2) is 0 Å². The van der Waals surface area contributed by atoms with Crippen LogP contribution >= 0.6 is 0 Å². The molecule has 6 heteroatoms. The number of rotatable bonds is 10. The molecule has 0 heterocycles. The Bertz CT molecular complexity index is 735. The predicted molar refractivity (Wildman–Crippen MR) is 97.1 cm³/mol. The first-order valence-corrected chi connectivity index (χ1v) is 8.17. The highest BCUT2D eigenvalue weighted by Crippen LogP contribution is 2.33. The highest BCUT2D eigenvalue weighted by Gasteiger charge is 2.12. The number of alkyl halides is 2. The summed E-state index contributed by atoms with van der Waals surface area (Å²) in [5, 5.41) is 3.24. The van der Waals surface area contributed by atoms with E-state index in [1.54, 1.807) is 38.5 Å². The number of ether oxygens (including phenoxy) is 3. The minimum absolute atomic E-state index is 0.176. The summed E-state index contributed by atoms with van der Waals surface area (Å²) in [6.45, 7) is 1.85. The topological polar surface area (TPSA) is 39.7 Å². The second kappa shape index (κ2) is 9.77. The number of halogens is 2. The number of para-hydroxylation sites is 1. The number of benzene rings is 2. The normalized spacial score (nSPS) is 10.7. The van der Waals surface area contributed by atoms with Crippen molar-refractivity contribution in [2.75, 3.05) is 14.2 Å². The first kappa shape index (κ1) is 19.7. The maximum absolute atomic E-state index is 12.5. The van der Waals surface area contributed by atoms with Crippen LogP contribution in [0, 0.1) is 0 Å². The molecule has 0 aliphatic heterocycles. The molecule has 0 spiro atoms. The Kier molecular flexibility index (Phi) is 7.41. The van der Waals surface area contributed by atoms with Gasteiger partial charge in [0.05, 0.1) is 14.2 Å². The summed E-state index contributed by atoms with van der Waals surface area (Å²) in [5.41, 5.74) is 2.63. The first-order chi connectivity index (χ1) is 12.6. The van der Waals surface area contributed by atoms with E-state index in [-0.39, 0.29) is 5.75 Å². The summed E-state index contributed by atoms with van der Waals surface area (Å²) < 4.78 is 40.3. The van der Waals surface area contributed by atoms with Crippen LogP contribution in [-0.4, -0.2) is 20.8 Å². The van der Waals surface area contributed by atoms with Gasteiger partial charge in [-0.2, -0.15) is 8.78 Å². The fourth-order valence-electron chi connectivity index (χ4n) is 2.72. The molecule has 1 N–H and O–H groups in total. The number of methoxy groups -OCH3 is 2. The van der Waals surface area contributed by atoms with Crippen LogP contribution in [0.25, 0.3) is 0 Å². The predicted octanol–water partition coefficient (Wildman–Crippen LogP) is 4.32. The summed E-state index contributed by atoms with van der Waals surface area (Å²) in [7, 11) is 3.19. The maximum Gasteiger partial charge on any atom is 0.387 e. The van der Waals surface area contributed by atoms with Gasteiger partial charge >= 0.3 is 6.61 Å². The molecule has 0 unspecified atom stereocenters. The minimum atomic E-state index is -2.84. The molecular weight excluding hydrogens is 340 g/mol. The molecule has 140 valence electrons. The van der Waals surface area contributed by atoms with E-state index in [1.165, 1.54) is 6.07 Å². The third-order valence-electron chi connectivity index (χ3n) is 3.81. The fourth-order valence-corrected chi connectivity index (χ4v) is 2.72. The van der Waals surface area contributed by atoms with E-state index in [2.05, 4.69) is 16.6 Å². The molecule has 0 saturated heterocycles. The van der Waals surface area contributed by atoms with Gasteiger partial charge in [0.25, 0.3) is 0 Å². The Morgan fingerprint density at radius 2 is 1.81 bits per heavy atom. The Hall–Kier alpha value is -2.60. The lowest BCUT2D eigenvalue weighted by atomic mass is 10.1. The summed E-state index contributed by atoms with van der Waals surface area (Å²) >= 11 is 0. The molecular formula is C20H23F2NO3. The van der Waals surface area contributed by atoms with E-state index in [4.69, 9.17) is 9.47 Å². The van der Waals surface area contributed by atoms with Gasteiger partial charge in [0, 0.05) is 24.2 Å². The van der Waals surface area contributed by atoms with Gasteiger partial charge in [-0.3, -0.25) is 0 Å². The second-order valence-corrected chi connectivity index (χ2v) is 5.57. The molecule has 0 radical (unpaired) electrons. The van der Waals surface area contributed by atoms with Gasteiger partial charge < -0.3 is 19.5 Å². The van der Waals surface area contributed by atoms with E-state index >= 15 is 0 Å². The Morgan fingerprint density at radius 1 is 1.04 bits per heavy atom. The molecule has 2 rings (SSSR count). The third kappa shape index (κ3) is 5.20. The summed E-state index contributed by atoms with van der Waals surface area (Å²) in [5.74, 6) is 1.51. The van der Waals surface area contributed by atoms with E-state index in [0.717, 1.165) is 11.1 Å². The average molecular weight is 363 g/mol.